The molecule has 0 bridgehead atoms. The van der Waals surface area contributed by atoms with Gasteiger partial charge in [-0.05, 0) is 49.5 Å². The Morgan fingerprint density at radius 1 is 1.41 bits per heavy atom. The summed E-state index contributed by atoms with van der Waals surface area (Å²) in [6, 6.07) is 4.22. The van der Waals surface area contributed by atoms with Crippen LogP contribution in [0.3, 0.4) is 0 Å². The monoisotopic (exact) mass is 263 g/mol. The number of nitrogens with one attached hydrogen (secondary N) is 1. The predicted molar refractivity (Wildman–Crippen MR) is 61.2 cm³/mol. The van der Waals surface area contributed by atoms with Crippen LogP contribution in [-0.2, 0) is 6.18 Å². The SMILES string of the molecule is CNC[C@H]1C[C@H]1c1ccc(Cl)c(C(F)(F)F)c1. The topological polar surface area (TPSA) is 12.0 Å². The molecule has 0 aliphatic heterocycles. The van der Waals surface area contributed by atoms with Crippen molar-refractivity contribution in [3.05, 3.63) is 34.3 Å². The first-order chi connectivity index (χ1) is 7.93. The van der Waals surface area contributed by atoms with E-state index in [0.717, 1.165) is 18.5 Å². The van der Waals surface area contributed by atoms with E-state index in [-0.39, 0.29) is 10.9 Å². The molecular formula is C12H13ClF3N. The molecule has 0 aromatic heterocycles. The molecule has 2 atom stereocenters. The molecule has 1 aromatic rings. The van der Waals surface area contributed by atoms with Gasteiger partial charge in [0.15, 0.2) is 0 Å². The standard InChI is InChI=1S/C12H13ClF3N/c1-17-6-8-4-9(8)7-2-3-11(13)10(5-7)12(14,15)16/h2-3,5,8-9,17H,4,6H2,1H3/t8-,9+/m1/s1. The van der Waals surface area contributed by atoms with Gasteiger partial charge in [0, 0.05) is 0 Å². The van der Waals surface area contributed by atoms with Crippen molar-refractivity contribution in [2.45, 2.75) is 18.5 Å². The van der Waals surface area contributed by atoms with Crippen molar-refractivity contribution in [1.29, 1.82) is 0 Å². The molecule has 0 heterocycles. The maximum absolute atomic E-state index is 12.7. The lowest BCUT2D eigenvalue weighted by molar-refractivity contribution is -0.137. The molecule has 1 fully saturated rings. The Morgan fingerprint density at radius 2 is 2.12 bits per heavy atom. The Kier molecular flexibility index (Phi) is 3.36. The highest BCUT2D eigenvalue weighted by Crippen LogP contribution is 2.48. The molecule has 94 valence electrons. The molecule has 1 aliphatic rings. The van der Waals surface area contributed by atoms with Crippen LogP contribution in [0, 0.1) is 5.92 Å². The zero-order valence-electron chi connectivity index (χ0n) is 9.31. The Bertz CT molecular complexity index is 417. The first-order valence-corrected chi connectivity index (χ1v) is 5.82. The van der Waals surface area contributed by atoms with Gasteiger partial charge in [-0.2, -0.15) is 13.2 Å². The summed E-state index contributed by atoms with van der Waals surface area (Å²) in [5, 5.41) is 2.81. The number of benzene rings is 1. The van der Waals surface area contributed by atoms with Gasteiger partial charge in [-0.1, -0.05) is 17.7 Å². The largest absolute Gasteiger partial charge is 0.417 e. The normalized spacial score (nSPS) is 23.8. The summed E-state index contributed by atoms with van der Waals surface area (Å²) < 4.78 is 38.0. The van der Waals surface area contributed by atoms with Crippen LogP contribution in [0.1, 0.15) is 23.5 Å². The number of halogens is 4. The lowest BCUT2D eigenvalue weighted by Gasteiger charge is -2.10. The molecule has 5 heteroatoms. The van der Waals surface area contributed by atoms with Gasteiger partial charge in [0.2, 0.25) is 0 Å². The van der Waals surface area contributed by atoms with Crippen molar-refractivity contribution >= 4 is 11.6 Å². The third kappa shape index (κ3) is 2.75. The van der Waals surface area contributed by atoms with Gasteiger partial charge in [-0.3, -0.25) is 0 Å². The van der Waals surface area contributed by atoms with Gasteiger partial charge < -0.3 is 5.32 Å². The average Bonchev–Trinajstić information content (AvgIpc) is 2.97. The van der Waals surface area contributed by atoms with Gasteiger partial charge in [0.1, 0.15) is 0 Å². The van der Waals surface area contributed by atoms with E-state index in [1.165, 1.54) is 12.1 Å². The Hall–Kier alpha value is -0.740. The van der Waals surface area contributed by atoms with E-state index < -0.39 is 11.7 Å². The summed E-state index contributed by atoms with van der Waals surface area (Å²) in [7, 11) is 1.85. The van der Waals surface area contributed by atoms with E-state index in [1.54, 1.807) is 6.07 Å². The highest BCUT2D eigenvalue weighted by Gasteiger charge is 2.40. The van der Waals surface area contributed by atoms with E-state index in [0.29, 0.717) is 5.92 Å². The summed E-state index contributed by atoms with van der Waals surface area (Å²) in [5.41, 5.74) is 0.00810. The van der Waals surface area contributed by atoms with Crippen LogP contribution in [0.4, 0.5) is 13.2 Å². The Labute approximate surface area is 103 Å². The molecule has 0 unspecified atom stereocenters. The Morgan fingerprint density at radius 3 is 2.71 bits per heavy atom. The molecule has 1 saturated carbocycles. The second kappa shape index (κ2) is 4.50. The minimum absolute atomic E-state index is 0.230. The molecule has 0 spiro atoms. The van der Waals surface area contributed by atoms with Crippen molar-refractivity contribution < 1.29 is 13.2 Å². The first kappa shape index (κ1) is 12.7. The molecule has 17 heavy (non-hydrogen) atoms. The first-order valence-electron chi connectivity index (χ1n) is 5.44. The molecule has 0 radical (unpaired) electrons. The number of hydrogen-bond donors (Lipinski definition) is 1. The fourth-order valence-electron chi connectivity index (χ4n) is 2.13. The van der Waals surface area contributed by atoms with Crippen LogP contribution < -0.4 is 5.32 Å². The molecule has 2 rings (SSSR count). The summed E-state index contributed by atoms with van der Waals surface area (Å²) in [5.74, 6) is 0.683. The maximum Gasteiger partial charge on any atom is 0.417 e. The third-order valence-electron chi connectivity index (χ3n) is 3.11. The highest BCUT2D eigenvalue weighted by molar-refractivity contribution is 6.31. The lowest BCUT2D eigenvalue weighted by atomic mass is 10.1. The predicted octanol–water partition coefficient (Wildman–Crippen LogP) is 3.68. The van der Waals surface area contributed by atoms with Crippen LogP contribution in [-0.4, -0.2) is 13.6 Å². The zero-order valence-corrected chi connectivity index (χ0v) is 10.1. The molecule has 1 aromatic carbocycles. The summed E-state index contributed by atoms with van der Waals surface area (Å²) in [6.07, 6.45) is -3.43. The van der Waals surface area contributed by atoms with E-state index >= 15 is 0 Å². The lowest BCUT2D eigenvalue weighted by Crippen LogP contribution is -2.10. The summed E-state index contributed by atoms with van der Waals surface area (Å²) >= 11 is 5.57. The van der Waals surface area contributed by atoms with Crippen molar-refractivity contribution in [3.8, 4) is 0 Å². The second-order valence-electron chi connectivity index (χ2n) is 4.40. The van der Waals surface area contributed by atoms with Crippen LogP contribution in [0.2, 0.25) is 5.02 Å². The molecule has 1 aliphatic carbocycles. The Balaban J connectivity index is 2.21. The average molecular weight is 264 g/mol. The zero-order chi connectivity index (χ0) is 12.6. The minimum Gasteiger partial charge on any atom is -0.319 e. The van der Waals surface area contributed by atoms with Crippen LogP contribution in [0.15, 0.2) is 18.2 Å². The summed E-state index contributed by atoms with van der Waals surface area (Å²) in [4.78, 5) is 0. The van der Waals surface area contributed by atoms with E-state index in [1.807, 2.05) is 7.05 Å². The molecular weight excluding hydrogens is 251 g/mol. The van der Waals surface area contributed by atoms with Gasteiger partial charge in [0.05, 0.1) is 10.6 Å². The van der Waals surface area contributed by atoms with Gasteiger partial charge >= 0.3 is 6.18 Å². The fraction of sp³-hybridized carbons (Fsp3) is 0.500. The summed E-state index contributed by atoms with van der Waals surface area (Å²) in [6.45, 7) is 0.842. The second-order valence-corrected chi connectivity index (χ2v) is 4.80. The van der Waals surface area contributed by atoms with Gasteiger partial charge in [0.25, 0.3) is 0 Å². The number of hydrogen-bond acceptors (Lipinski definition) is 1. The molecule has 0 saturated heterocycles. The van der Waals surface area contributed by atoms with Crippen LogP contribution in [0.5, 0.6) is 0 Å². The van der Waals surface area contributed by atoms with Crippen molar-refractivity contribution in [2.75, 3.05) is 13.6 Å². The maximum atomic E-state index is 12.7. The van der Waals surface area contributed by atoms with E-state index in [4.69, 9.17) is 11.6 Å². The van der Waals surface area contributed by atoms with Gasteiger partial charge in [-0.25, -0.2) is 0 Å². The van der Waals surface area contributed by atoms with Crippen LogP contribution >= 0.6 is 11.6 Å². The van der Waals surface area contributed by atoms with Crippen LogP contribution in [0.25, 0.3) is 0 Å². The molecule has 1 nitrogen and oxygen atoms in total. The van der Waals surface area contributed by atoms with E-state index in [9.17, 15) is 13.2 Å². The number of rotatable bonds is 3. The smallest absolute Gasteiger partial charge is 0.319 e. The minimum atomic E-state index is -4.37. The quantitative estimate of drug-likeness (QED) is 0.877. The fourth-order valence-corrected chi connectivity index (χ4v) is 2.36. The van der Waals surface area contributed by atoms with Crippen molar-refractivity contribution in [3.63, 3.8) is 0 Å². The number of alkyl halides is 3. The van der Waals surface area contributed by atoms with E-state index in [2.05, 4.69) is 5.32 Å². The van der Waals surface area contributed by atoms with Crippen molar-refractivity contribution in [1.82, 2.24) is 5.32 Å². The third-order valence-corrected chi connectivity index (χ3v) is 3.44. The molecule has 0 amide bonds. The highest BCUT2D eigenvalue weighted by atomic mass is 35.5. The van der Waals surface area contributed by atoms with Gasteiger partial charge in [-0.15, -0.1) is 0 Å². The van der Waals surface area contributed by atoms with Crippen molar-refractivity contribution in [2.24, 2.45) is 5.92 Å². The molecule has 1 N–H and O–H groups in total.